The maximum absolute atomic E-state index is 5.23. The first-order valence-electron chi connectivity index (χ1n) is 9.56. The van der Waals surface area contributed by atoms with Crippen molar-refractivity contribution < 1.29 is 0 Å². The van der Waals surface area contributed by atoms with Crippen LogP contribution in [0.4, 0.5) is 0 Å². The molecule has 2 unspecified atom stereocenters. The Kier molecular flexibility index (Phi) is 3.13. The largest absolute Gasteiger partial charge is 0.252 e. The van der Waals surface area contributed by atoms with E-state index >= 15 is 0 Å². The van der Waals surface area contributed by atoms with Gasteiger partial charge in [-0.25, -0.2) is 0 Å². The van der Waals surface area contributed by atoms with E-state index in [1.165, 1.54) is 52.5 Å². The zero-order chi connectivity index (χ0) is 17.2. The first-order chi connectivity index (χ1) is 12.0. The van der Waals surface area contributed by atoms with Gasteiger partial charge in [-0.05, 0) is 47.1 Å². The van der Waals surface area contributed by atoms with Crippen molar-refractivity contribution in [2.45, 2.75) is 57.3 Å². The zero-order valence-electron chi connectivity index (χ0n) is 15.3. The number of rotatable bonds is 1. The van der Waals surface area contributed by atoms with Gasteiger partial charge in [-0.3, -0.25) is 4.98 Å². The number of hydrogen-bond donors (Lipinski definition) is 0. The third kappa shape index (κ3) is 2.25. The van der Waals surface area contributed by atoms with Crippen molar-refractivity contribution >= 4 is 10.8 Å². The highest BCUT2D eigenvalue weighted by molar-refractivity contribution is 5.98. The van der Waals surface area contributed by atoms with Crippen LogP contribution in [0, 0.1) is 0 Å². The smallest absolute Gasteiger partial charge is 0.0783 e. The summed E-state index contributed by atoms with van der Waals surface area (Å²) in [7, 11) is 0. The average Bonchev–Trinajstić information content (AvgIpc) is 3.22. The molecule has 0 amide bonds. The number of hydrogen-bond acceptors (Lipinski definition) is 1. The molecule has 1 heteroatoms. The minimum absolute atomic E-state index is 0.186. The second-order valence-corrected chi connectivity index (χ2v) is 8.84. The Labute approximate surface area is 150 Å². The summed E-state index contributed by atoms with van der Waals surface area (Å²) in [4.78, 5) is 5.23. The predicted octanol–water partition coefficient (Wildman–Crippen LogP) is 6.56. The summed E-state index contributed by atoms with van der Waals surface area (Å²) >= 11 is 0. The van der Waals surface area contributed by atoms with Gasteiger partial charge in [-0.2, -0.15) is 0 Å². The molecule has 0 N–H and O–H groups in total. The number of fused-ring (bicyclic) bond motifs is 7. The molecule has 2 aliphatic rings. The molecule has 3 aromatic rings. The molecule has 1 heterocycles. The molecule has 1 fully saturated rings. The molecule has 25 heavy (non-hydrogen) atoms. The van der Waals surface area contributed by atoms with Crippen LogP contribution in [0.1, 0.15) is 68.7 Å². The highest BCUT2D eigenvalue weighted by Gasteiger charge is 2.39. The molecule has 1 nitrogen and oxygen atoms in total. The topological polar surface area (TPSA) is 12.9 Å². The molecule has 5 rings (SSSR count). The molecular weight excluding hydrogens is 302 g/mol. The zero-order valence-corrected chi connectivity index (χ0v) is 15.3. The maximum atomic E-state index is 5.23. The Balaban J connectivity index is 1.72. The Hall–Kier alpha value is -2.15. The summed E-state index contributed by atoms with van der Waals surface area (Å²) in [6.07, 6.45) is 3.99. The van der Waals surface area contributed by atoms with Crippen LogP contribution in [0.15, 0.2) is 48.5 Å². The van der Waals surface area contributed by atoms with Gasteiger partial charge >= 0.3 is 0 Å². The van der Waals surface area contributed by atoms with E-state index in [1.54, 1.807) is 5.56 Å². The number of aromatic nitrogens is 1. The van der Waals surface area contributed by atoms with E-state index in [1.807, 2.05) is 0 Å². The fourth-order valence-corrected chi connectivity index (χ4v) is 4.88. The summed E-state index contributed by atoms with van der Waals surface area (Å²) in [6.45, 7) is 6.80. The Morgan fingerprint density at radius 3 is 2.24 bits per heavy atom. The second-order valence-electron chi connectivity index (χ2n) is 8.84. The summed E-state index contributed by atoms with van der Waals surface area (Å²) in [6, 6.07) is 17.9. The first-order valence-corrected chi connectivity index (χ1v) is 9.56. The number of benzene rings is 2. The molecule has 1 aromatic heterocycles. The summed E-state index contributed by atoms with van der Waals surface area (Å²) in [5.41, 5.74) is 6.93. The standard InChI is InChI=1S/C24H25N/c1-24(2,3)18-12-10-15(11-13-18)22-20-7-5-4-6-19(20)21-16-8-9-17(14-16)23(21)25-22/h4-7,10-13,16-17H,8-9,14H2,1-3H3. The third-order valence-electron chi connectivity index (χ3n) is 6.23. The van der Waals surface area contributed by atoms with Gasteiger partial charge in [-0.1, -0.05) is 69.3 Å². The lowest BCUT2D eigenvalue weighted by atomic mass is 9.86. The first kappa shape index (κ1) is 15.1. The van der Waals surface area contributed by atoms with Gasteiger partial charge in [0.25, 0.3) is 0 Å². The lowest BCUT2D eigenvalue weighted by Gasteiger charge is -2.21. The quantitative estimate of drug-likeness (QED) is 0.493. The minimum Gasteiger partial charge on any atom is -0.252 e. The Bertz CT molecular complexity index is 960. The molecule has 2 atom stereocenters. The molecule has 2 aromatic carbocycles. The van der Waals surface area contributed by atoms with Gasteiger partial charge in [0.1, 0.15) is 0 Å². The molecule has 0 saturated heterocycles. The van der Waals surface area contributed by atoms with E-state index in [0.717, 1.165) is 5.92 Å². The van der Waals surface area contributed by atoms with Crippen molar-refractivity contribution in [3.8, 4) is 11.3 Å². The summed E-state index contributed by atoms with van der Waals surface area (Å²) in [5, 5.41) is 2.76. The van der Waals surface area contributed by atoms with Crippen molar-refractivity contribution in [1.29, 1.82) is 0 Å². The van der Waals surface area contributed by atoms with E-state index in [0.29, 0.717) is 5.92 Å². The van der Waals surface area contributed by atoms with Gasteiger partial charge in [0.2, 0.25) is 0 Å². The van der Waals surface area contributed by atoms with Crippen LogP contribution in [0.25, 0.3) is 22.0 Å². The van der Waals surface area contributed by atoms with Crippen molar-refractivity contribution in [2.24, 2.45) is 0 Å². The van der Waals surface area contributed by atoms with E-state index in [-0.39, 0.29) is 5.41 Å². The Morgan fingerprint density at radius 2 is 1.52 bits per heavy atom. The molecular formula is C24H25N. The molecule has 0 spiro atoms. The molecule has 2 bridgehead atoms. The highest BCUT2D eigenvalue weighted by Crippen LogP contribution is 2.55. The van der Waals surface area contributed by atoms with Crippen molar-refractivity contribution in [2.75, 3.05) is 0 Å². The van der Waals surface area contributed by atoms with Crippen LogP contribution in [-0.2, 0) is 5.41 Å². The van der Waals surface area contributed by atoms with E-state index < -0.39 is 0 Å². The monoisotopic (exact) mass is 327 g/mol. The van der Waals surface area contributed by atoms with Gasteiger partial charge in [-0.15, -0.1) is 0 Å². The van der Waals surface area contributed by atoms with Crippen molar-refractivity contribution in [3.63, 3.8) is 0 Å². The SMILES string of the molecule is CC(C)(C)c1ccc(-c2nc3c(c4ccccc24)C2CCC3C2)cc1. The van der Waals surface area contributed by atoms with Gasteiger partial charge in [0.05, 0.1) is 5.69 Å². The average molecular weight is 327 g/mol. The van der Waals surface area contributed by atoms with Crippen LogP contribution in [-0.4, -0.2) is 4.98 Å². The molecule has 126 valence electrons. The lowest BCUT2D eigenvalue weighted by Crippen LogP contribution is -2.10. The molecule has 1 saturated carbocycles. The van der Waals surface area contributed by atoms with Crippen LogP contribution in [0.3, 0.4) is 0 Å². The predicted molar refractivity (Wildman–Crippen MR) is 105 cm³/mol. The van der Waals surface area contributed by atoms with E-state index in [9.17, 15) is 0 Å². The van der Waals surface area contributed by atoms with E-state index in [4.69, 9.17) is 4.98 Å². The van der Waals surface area contributed by atoms with Gasteiger partial charge in [0, 0.05) is 22.6 Å². The van der Waals surface area contributed by atoms with Crippen LogP contribution >= 0.6 is 0 Å². The fourth-order valence-electron chi connectivity index (χ4n) is 4.88. The minimum atomic E-state index is 0.186. The van der Waals surface area contributed by atoms with Crippen molar-refractivity contribution in [1.82, 2.24) is 4.98 Å². The van der Waals surface area contributed by atoms with Crippen LogP contribution < -0.4 is 0 Å². The Morgan fingerprint density at radius 1 is 0.840 bits per heavy atom. The molecule has 0 aliphatic heterocycles. The van der Waals surface area contributed by atoms with Gasteiger partial charge in [0.15, 0.2) is 0 Å². The van der Waals surface area contributed by atoms with Gasteiger partial charge < -0.3 is 0 Å². The summed E-state index contributed by atoms with van der Waals surface area (Å²) < 4.78 is 0. The van der Waals surface area contributed by atoms with E-state index in [2.05, 4.69) is 69.3 Å². The summed E-state index contributed by atoms with van der Waals surface area (Å²) in [5.74, 6) is 1.44. The number of nitrogens with zero attached hydrogens (tertiary/aromatic N) is 1. The highest BCUT2D eigenvalue weighted by atomic mass is 14.8. The van der Waals surface area contributed by atoms with Crippen molar-refractivity contribution in [3.05, 3.63) is 65.4 Å². The maximum Gasteiger partial charge on any atom is 0.0783 e. The molecule has 2 aliphatic carbocycles. The second kappa shape index (κ2) is 5.17. The van der Waals surface area contributed by atoms with Crippen LogP contribution in [0.5, 0.6) is 0 Å². The lowest BCUT2D eigenvalue weighted by molar-refractivity contribution is 0.590. The van der Waals surface area contributed by atoms with Crippen LogP contribution in [0.2, 0.25) is 0 Å². The molecule has 0 radical (unpaired) electrons. The number of pyridine rings is 1. The normalized spacial score (nSPS) is 21.7. The fraction of sp³-hybridized carbons (Fsp3) is 0.375. The third-order valence-corrected chi connectivity index (χ3v) is 6.23.